The highest BCUT2D eigenvalue weighted by Gasteiger charge is 2.46. The van der Waals surface area contributed by atoms with Gasteiger partial charge in [-0.25, -0.2) is 9.18 Å². The number of nitrogens with zero attached hydrogens (tertiary/aromatic N) is 9. The average Bonchev–Trinajstić information content (AvgIpc) is 1.60. The van der Waals surface area contributed by atoms with Gasteiger partial charge in [-0.05, 0) is 62.2 Å². The molecule has 4 N–H and O–H groups in total. The molecule has 1 saturated heterocycles. The largest absolute Gasteiger partial charge is 0.468 e. The maximum atomic E-state index is 16.2. The third-order valence-electron chi connectivity index (χ3n) is 16.7. The Labute approximate surface area is 556 Å². The van der Waals surface area contributed by atoms with Crippen molar-refractivity contribution in [2.75, 3.05) is 139 Å². The molecule has 7 aromatic rings. The van der Waals surface area contributed by atoms with E-state index in [0.717, 1.165) is 33.2 Å². The smallest absolute Gasteiger partial charge is 0.340 e. The minimum Gasteiger partial charge on any atom is -0.468 e. The molecule has 0 spiro atoms. The number of esters is 1. The van der Waals surface area contributed by atoms with Crippen molar-refractivity contribution >= 4 is 86.0 Å². The number of piperidine rings is 1. The molecule has 11 rings (SSSR count). The van der Waals surface area contributed by atoms with Crippen LogP contribution < -0.4 is 25.9 Å². The number of quaternary nitrogens is 1. The standard InChI is InChI=1S/C65H79ClFN13O14S/c1-41-42(2)95-65-60(41)62(44-8-10-47(66)11-9-44)73-51(64-75-74-43(3)78(64)65)36-55(82)69-17-21-89-23-25-91-27-29-93-31-33-94-32-30-92-28-26-90-24-22-88-20-16-68-54(81)12-13-58(85)80-18-14-45(15-19-80)63-61-48(49-35-53-46(34-50(49)67)37-72-79(53)80)6-5-7-52(61)77(76-63)40-57(84)70-38-56(83)71-39-59(86)87-4/h5-11,34-35,37,45,51H,12-33,36,38-40H2,1-4H3,(H3-,68,69,70,71,81,82,83,84)/p+1/t45?,51-,80?/m0/s1. The number of carbonyl (C=O) groups is 6. The van der Waals surface area contributed by atoms with Crippen molar-refractivity contribution in [3.63, 3.8) is 0 Å². The molecule has 30 heteroatoms. The SMILES string of the molecule is COC(=O)CNC(=O)CNC(=O)Cn1nc2c3c(cccc31)-c1cc3c(cnn3[N+]3(C(=O)CCC(=O)NCCOCCOCCOCCOCCOCCOCCOCCNC(=O)C[C@@H]4N=C(c5ccc(Cl)cc5)c5c(sc(C)c5C)-n5c(C)nnc54)CCC2CC3)cc1F. The van der Waals surface area contributed by atoms with Gasteiger partial charge in [0.15, 0.2) is 5.82 Å². The molecule has 3 aromatic carbocycles. The van der Waals surface area contributed by atoms with Crippen LogP contribution >= 0.6 is 22.9 Å². The van der Waals surface area contributed by atoms with Gasteiger partial charge in [0.2, 0.25) is 23.6 Å². The Kier molecular flexibility index (Phi) is 24.7. The van der Waals surface area contributed by atoms with Crippen LogP contribution in [-0.2, 0) is 73.2 Å². The van der Waals surface area contributed by atoms with Crippen LogP contribution in [-0.4, -0.2) is 215 Å². The number of aromatic nitrogens is 7. The summed E-state index contributed by atoms with van der Waals surface area (Å²) in [5, 5.41) is 32.0. The number of thiophene rings is 1. The van der Waals surface area contributed by atoms with Gasteiger partial charge < -0.3 is 59.2 Å². The van der Waals surface area contributed by atoms with Crippen LogP contribution in [0, 0.1) is 26.6 Å². The summed E-state index contributed by atoms with van der Waals surface area (Å²) >= 11 is 7.90. The number of halogens is 2. The molecule has 0 saturated carbocycles. The number of benzene rings is 3. The number of nitrogens with one attached hydrogen (secondary N) is 4. The number of aliphatic imine (C=N–C) groups is 1. The normalized spacial score (nSPS) is 16.3. The van der Waals surface area contributed by atoms with E-state index in [1.165, 1.54) is 18.1 Å². The van der Waals surface area contributed by atoms with E-state index in [9.17, 15) is 28.8 Å². The van der Waals surface area contributed by atoms with E-state index < -0.39 is 29.6 Å². The quantitative estimate of drug-likeness (QED) is 0.0233. The molecule has 0 unspecified atom stereocenters. The summed E-state index contributed by atoms with van der Waals surface area (Å²) in [5.41, 5.74) is 6.49. The highest BCUT2D eigenvalue weighted by atomic mass is 35.5. The lowest BCUT2D eigenvalue weighted by Crippen LogP contribution is -2.65. The third kappa shape index (κ3) is 17.4. The van der Waals surface area contributed by atoms with E-state index in [1.807, 2.05) is 47.9 Å². The summed E-state index contributed by atoms with van der Waals surface area (Å²) in [4.78, 5) is 85.7. The zero-order chi connectivity index (χ0) is 66.8. The second-order valence-electron chi connectivity index (χ2n) is 22.9. The first kappa shape index (κ1) is 69.8. The molecule has 5 amide bonds. The highest BCUT2D eigenvalue weighted by Crippen LogP contribution is 2.43. The number of fused-ring (bicyclic) bond motifs is 5. The number of hydrogen-bond donors (Lipinski definition) is 4. The molecule has 1 fully saturated rings. The van der Waals surface area contributed by atoms with Gasteiger partial charge in [-0.15, -0.1) is 31.2 Å². The van der Waals surface area contributed by atoms with E-state index in [-0.39, 0.29) is 85.8 Å². The number of rotatable bonds is 36. The summed E-state index contributed by atoms with van der Waals surface area (Å²) in [5.74, 6) is -1.73. The van der Waals surface area contributed by atoms with Gasteiger partial charge in [0.1, 0.15) is 54.4 Å². The number of aryl methyl sites for hydroxylation is 2. The van der Waals surface area contributed by atoms with Crippen LogP contribution in [0.15, 0.2) is 65.8 Å². The summed E-state index contributed by atoms with van der Waals surface area (Å²) in [6, 6.07) is 15.5. The Balaban J connectivity index is 0.538. The van der Waals surface area contributed by atoms with Crippen LogP contribution in [0.25, 0.3) is 37.9 Å². The summed E-state index contributed by atoms with van der Waals surface area (Å²) in [6.07, 6.45) is 2.50. The van der Waals surface area contributed by atoms with Gasteiger partial charge in [-0.2, -0.15) is 5.10 Å². The van der Waals surface area contributed by atoms with Crippen molar-refractivity contribution in [2.24, 2.45) is 4.99 Å². The Hall–Kier alpha value is -7.97. The molecule has 4 aliphatic rings. The van der Waals surface area contributed by atoms with E-state index in [1.54, 1.807) is 39.1 Å². The maximum absolute atomic E-state index is 16.2. The van der Waals surface area contributed by atoms with Gasteiger partial charge >= 0.3 is 11.9 Å². The zero-order valence-corrected chi connectivity index (χ0v) is 55.3. The van der Waals surface area contributed by atoms with Gasteiger partial charge in [-0.1, -0.05) is 40.7 Å². The molecule has 4 aliphatic heterocycles. The van der Waals surface area contributed by atoms with Gasteiger partial charge in [0.05, 0.1) is 142 Å². The molecule has 95 heavy (non-hydrogen) atoms. The van der Waals surface area contributed by atoms with Crippen LogP contribution in [0.5, 0.6) is 0 Å². The van der Waals surface area contributed by atoms with Crippen LogP contribution in [0.4, 0.5) is 4.39 Å². The molecule has 4 bridgehead atoms. The van der Waals surface area contributed by atoms with Gasteiger partial charge in [-0.3, -0.25) is 38.2 Å². The molecule has 0 radical (unpaired) electrons. The lowest BCUT2D eigenvalue weighted by atomic mass is 9.88. The summed E-state index contributed by atoms with van der Waals surface area (Å²) in [6.45, 7) is 11.5. The van der Waals surface area contributed by atoms with Crippen molar-refractivity contribution < 1.29 is 71.1 Å². The van der Waals surface area contributed by atoms with Crippen LogP contribution in [0.3, 0.4) is 0 Å². The van der Waals surface area contributed by atoms with Crippen molar-refractivity contribution in [3.8, 4) is 16.1 Å². The molecule has 508 valence electrons. The fourth-order valence-corrected chi connectivity index (χ4v) is 13.1. The lowest BCUT2D eigenvalue weighted by Gasteiger charge is -2.39. The number of methoxy groups -OCH3 is 1. The van der Waals surface area contributed by atoms with Crippen molar-refractivity contribution in [1.82, 2.24) is 60.3 Å². The van der Waals surface area contributed by atoms with Gasteiger partial charge in [0, 0.05) is 75.6 Å². The highest BCUT2D eigenvalue weighted by molar-refractivity contribution is 7.15. The summed E-state index contributed by atoms with van der Waals surface area (Å²) in [7, 11) is 1.20. The minimum absolute atomic E-state index is 0.0603. The van der Waals surface area contributed by atoms with E-state index in [0.29, 0.717) is 162 Å². The molecule has 0 aliphatic carbocycles. The summed E-state index contributed by atoms with van der Waals surface area (Å²) < 4.78 is 63.4. The van der Waals surface area contributed by atoms with Crippen LogP contribution in [0.1, 0.15) is 83.0 Å². The topological polar surface area (TPSA) is 303 Å². The van der Waals surface area contributed by atoms with Crippen molar-refractivity contribution in [3.05, 3.63) is 111 Å². The van der Waals surface area contributed by atoms with Crippen molar-refractivity contribution in [2.45, 2.75) is 71.4 Å². The number of carbonyl (C=O) groups excluding carboxylic acids is 6. The fraction of sp³-hybridized carbons (Fsp3) is 0.492. The Bertz CT molecular complexity index is 3880. The van der Waals surface area contributed by atoms with Crippen LogP contribution in [0.2, 0.25) is 5.02 Å². The fourth-order valence-electron chi connectivity index (χ4n) is 11.8. The van der Waals surface area contributed by atoms with Crippen molar-refractivity contribution in [1.29, 1.82) is 0 Å². The Morgan fingerprint density at radius 1 is 0.684 bits per heavy atom. The first-order chi connectivity index (χ1) is 46.1. The Morgan fingerprint density at radius 3 is 1.93 bits per heavy atom. The molecule has 4 aromatic heterocycles. The Morgan fingerprint density at radius 2 is 1.29 bits per heavy atom. The number of amides is 5. The zero-order valence-electron chi connectivity index (χ0n) is 53.7. The number of ether oxygens (including phenoxy) is 8. The molecule has 1 atom stereocenters. The monoisotopic (exact) mass is 1350 g/mol. The third-order valence-corrected chi connectivity index (χ3v) is 18.2. The molecular formula is C65H80ClFN13O14S+. The van der Waals surface area contributed by atoms with E-state index in [2.05, 4.69) is 55.1 Å². The lowest BCUT2D eigenvalue weighted by molar-refractivity contribution is -0.142. The molecule has 8 heterocycles. The van der Waals surface area contributed by atoms with E-state index >= 15 is 4.39 Å². The molecule has 27 nitrogen and oxygen atoms in total. The average molecular weight is 1350 g/mol. The first-order valence-corrected chi connectivity index (χ1v) is 33.0. The molecular weight excluding hydrogens is 1270 g/mol. The predicted octanol–water partition coefficient (Wildman–Crippen LogP) is 4.79. The number of hydrogen-bond acceptors (Lipinski definition) is 20. The maximum Gasteiger partial charge on any atom is 0.340 e. The van der Waals surface area contributed by atoms with Gasteiger partial charge in [0.25, 0.3) is 0 Å². The first-order valence-electron chi connectivity index (χ1n) is 31.8. The van der Waals surface area contributed by atoms with E-state index in [4.69, 9.17) is 54.9 Å². The second kappa shape index (κ2) is 33.6. The minimum atomic E-state index is -0.630. The second-order valence-corrected chi connectivity index (χ2v) is 24.6. The predicted molar refractivity (Wildman–Crippen MR) is 350 cm³/mol.